The fraction of sp³-hybridized carbons (Fsp3) is 0.516. The molecule has 0 atom stereocenters. The molecule has 1 aliphatic heterocycles. The van der Waals surface area contributed by atoms with Crippen LogP contribution < -0.4 is 10.1 Å². The second-order valence-corrected chi connectivity index (χ2v) is 10.7. The van der Waals surface area contributed by atoms with E-state index in [0.29, 0.717) is 17.9 Å². The summed E-state index contributed by atoms with van der Waals surface area (Å²) < 4.78 is 20.4. The number of carbonyl (C=O) groups is 1. The largest absolute Gasteiger partial charge is 0.488 e. The highest BCUT2D eigenvalue weighted by Crippen LogP contribution is 2.29. The molecule has 2 aromatic carbocycles. The Morgan fingerprint density at radius 2 is 1.62 bits per heavy atom. The van der Waals surface area contributed by atoms with E-state index in [1.54, 1.807) is 30.0 Å². The molecule has 0 saturated carbocycles. The molecule has 202 valence electrons. The van der Waals surface area contributed by atoms with Crippen molar-refractivity contribution in [3.05, 3.63) is 71.0 Å². The van der Waals surface area contributed by atoms with Gasteiger partial charge in [0.15, 0.2) is 11.6 Å². The lowest BCUT2D eigenvalue weighted by atomic mass is 10.1. The average Bonchev–Trinajstić information content (AvgIpc) is 3.41. The summed E-state index contributed by atoms with van der Waals surface area (Å²) in [5.74, 6) is 0.312. The van der Waals surface area contributed by atoms with Crippen molar-refractivity contribution >= 4 is 23.4 Å². The van der Waals surface area contributed by atoms with Gasteiger partial charge in [0.1, 0.15) is 0 Å². The maximum Gasteiger partial charge on any atom is 0.255 e. The van der Waals surface area contributed by atoms with Gasteiger partial charge in [0.2, 0.25) is 0 Å². The smallest absolute Gasteiger partial charge is 0.255 e. The molecule has 4 nitrogen and oxygen atoms in total. The maximum atomic E-state index is 14.6. The van der Waals surface area contributed by atoms with Crippen LogP contribution in [-0.4, -0.2) is 23.3 Å². The highest BCUT2D eigenvalue weighted by Gasteiger charge is 2.15. The molecule has 1 heterocycles. The molecule has 0 fully saturated rings. The third-order valence-corrected chi connectivity index (χ3v) is 7.44. The van der Waals surface area contributed by atoms with Crippen molar-refractivity contribution < 1.29 is 13.9 Å². The van der Waals surface area contributed by atoms with Crippen molar-refractivity contribution in [3.8, 4) is 5.75 Å². The zero-order valence-corrected chi connectivity index (χ0v) is 23.2. The molecule has 6 heteroatoms. The third-order valence-electron chi connectivity index (χ3n) is 6.64. The van der Waals surface area contributed by atoms with E-state index in [9.17, 15) is 9.18 Å². The molecule has 0 aromatic heterocycles. The summed E-state index contributed by atoms with van der Waals surface area (Å²) in [7, 11) is 0. The first-order chi connectivity index (χ1) is 18.2. The number of halogens is 1. The van der Waals surface area contributed by atoms with Crippen LogP contribution >= 0.6 is 11.8 Å². The van der Waals surface area contributed by atoms with Crippen LogP contribution in [0.3, 0.4) is 0 Å². The first kappa shape index (κ1) is 29.1. The Labute approximate surface area is 227 Å². The van der Waals surface area contributed by atoms with Crippen LogP contribution in [0.2, 0.25) is 0 Å². The predicted octanol–water partition coefficient (Wildman–Crippen LogP) is 9.14. The van der Waals surface area contributed by atoms with Crippen molar-refractivity contribution in [2.24, 2.45) is 0 Å². The SMILES string of the molecule is CCCCCCCCCCCCCCOc1c(F)cccc1NC(=O)c1cccc(CN2C=CSC2)c1. The van der Waals surface area contributed by atoms with Crippen molar-refractivity contribution in [3.63, 3.8) is 0 Å². The first-order valence-corrected chi connectivity index (χ1v) is 15.1. The van der Waals surface area contributed by atoms with Crippen LogP contribution in [-0.2, 0) is 6.54 Å². The van der Waals surface area contributed by atoms with Crippen molar-refractivity contribution in [1.82, 2.24) is 4.90 Å². The van der Waals surface area contributed by atoms with Crippen LogP contribution in [0, 0.1) is 5.82 Å². The summed E-state index contributed by atoms with van der Waals surface area (Å²) in [5, 5.41) is 4.92. The van der Waals surface area contributed by atoms with E-state index in [1.807, 2.05) is 18.2 Å². The van der Waals surface area contributed by atoms with Crippen LogP contribution in [0.15, 0.2) is 54.1 Å². The lowest BCUT2D eigenvalue weighted by Crippen LogP contribution is -2.16. The van der Waals surface area contributed by atoms with Gasteiger partial charge >= 0.3 is 0 Å². The average molecular weight is 527 g/mol. The molecule has 0 bridgehead atoms. The Hall–Kier alpha value is -2.47. The van der Waals surface area contributed by atoms with Gasteiger partial charge in [-0.1, -0.05) is 95.8 Å². The molecule has 1 N–H and O–H groups in total. The van der Waals surface area contributed by atoms with Crippen molar-refractivity contribution in [2.75, 3.05) is 17.8 Å². The second-order valence-electron chi connectivity index (χ2n) is 9.84. The molecule has 0 radical (unpaired) electrons. The number of hydrogen-bond acceptors (Lipinski definition) is 4. The standard InChI is InChI=1S/C31H43FN2O2S/c1-2-3-4-5-6-7-8-9-10-11-12-13-21-36-30-28(32)18-15-19-29(30)33-31(35)27-17-14-16-26(23-27)24-34-20-22-37-25-34/h14-20,22-23H,2-13,21,24-25H2,1H3,(H,33,35). The minimum absolute atomic E-state index is 0.120. The van der Waals surface area contributed by atoms with E-state index in [0.717, 1.165) is 30.8 Å². The van der Waals surface area contributed by atoms with Gasteiger partial charge in [0.05, 0.1) is 18.2 Å². The normalized spacial score (nSPS) is 12.8. The van der Waals surface area contributed by atoms with Crippen molar-refractivity contribution in [1.29, 1.82) is 0 Å². The number of rotatable bonds is 18. The summed E-state index contributed by atoms with van der Waals surface area (Å²) in [6, 6.07) is 12.2. The highest BCUT2D eigenvalue weighted by molar-refractivity contribution is 8.02. The Morgan fingerprint density at radius 1 is 0.946 bits per heavy atom. The number of ether oxygens (including phenoxy) is 1. The maximum absolute atomic E-state index is 14.6. The number of carbonyl (C=O) groups excluding carboxylic acids is 1. The van der Waals surface area contributed by atoms with Crippen molar-refractivity contribution in [2.45, 2.75) is 90.5 Å². The quantitative estimate of drug-likeness (QED) is 0.197. The molecule has 2 aromatic rings. The van der Waals surface area contributed by atoms with Gasteiger partial charge in [-0.15, -0.1) is 11.8 Å². The number of benzene rings is 2. The minimum atomic E-state index is -0.455. The Morgan fingerprint density at radius 3 is 2.30 bits per heavy atom. The summed E-state index contributed by atoms with van der Waals surface area (Å²) in [5.41, 5.74) is 1.97. The van der Waals surface area contributed by atoms with Gasteiger partial charge in [0.25, 0.3) is 5.91 Å². The number of para-hydroxylation sites is 1. The number of nitrogens with zero attached hydrogens (tertiary/aromatic N) is 1. The Balaban J connectivity index is 1.38. The van der Waals surface area contributed by atoms with E-state index in [1.165, 1.54) is 70.3 Å². The van der Waals surface area contributed by atoms with Gasteiger partial charge in [-0.3, -0.25) is 4.79 Å². The molecule has 0 saturated heterocycles. The topological polar surface area (TPSA) is 41.6 Å². The van der Waals surface area contributed by atoms with Crippen LogP contribution in [0.4, 0.5) is 10.1 Å². The van der Waals surface area contributed by atoms with E-state index in [-0.39, 0.29) is 11.7 Å². The molecule has 0 spiro atoms. The molecule has 1 aliphatic rings. The van der Waals surface area contributed by atoms with E-state index in [4.69, 9.17) is 4.74 Å². The lowest BCUT2D eigenvalue weighted by Gasteiger charge is -2.16. The van der Waals surface area contributed by atoms with Gasteiger partial charge in [-0.25, -0.2) is 4.39 Å². The summed E-state index contributed by atoms with van der Waals surface area (Å²) in [6.07, 6.45) is 17.2. The van der Waals surface area contributed by atoms with E-state index in [2.05, 4.69) is 28.7 Å². The third kappa shape index (κ3) is 10.8. The van der Waals surface area contributed by atoms with Crippen LogP contribution in [0.25, 0.3) is 0 Å². The Kier molecular flexibility index (Phi) is 13.5. The lowest BCUT2D eigenvalue weighted by molar-refractivity contribution is 0.102. The van der Waals surface area contributed by atoms with E-state index < -0.39 is 5.82 Å². The molecule has 37 heavy (non-hydrogen) atoms. The predicted molar refractivity (Wildman–Crippen MR) is 155 cm³/mol. The zero-order valence-electron chi connectivity index (χ0n) is 22.4. The fourth-order valence-corrected chi connectivity index (χ4v) is 5.23. The van der Waals surface area contributed by atoms with Gasteiger partial charge < -0.3 is 15.0 Å². The molecule has 0 aliphatic carbocycles. The number of hydrogen-bond donors (Lipinski definition) is 1. The minimum Gasteiger partial charge on any atom is -0.488 e. The molecular weight excluding hydrogens is 483 g/mol. The monoisotopic (exact) mass is 526 g/mol. The number of nitrogens with one attached hydrogen (secondary N) is 1. The second kappa shape index (κ2) is 17.1. The number of amides is 1. The summed E-state index contributed by atoms with van der Waals surface area (Å²) in [6.45, 7) is 3.45. The highest BCUT2D eigenvalue weighted by atomic mass is 32.2. The molecule has 0 unspecified atom stereocenters. The van der Waals surface area contributed by atoms with Gasteiger partial charge in [0, 0.05) is 18.3 Å². The van der Waals surface area contributed by atoms with E-state index >= 15 is 0 Å². The fourth-order valence-electron chi connectivity index (χ4n) is 4.52. The first-order valence-electron chi connectivity index (χ1n) is 14.0. The summed E-state index contributed by atoms with van der Waals surface area (Å²) in [4.78, 5) is 15.1. The Bertz CT molecular complexity index is 981. The van der Waals surface area contributed by atoms with Gasteiger partial charge in [-0.05, 0) is 41.7 Å². The van der Waals surface area contributed by atoms with Crippen LogP contribution in [0.5, 0.6) is 5.75 Å². The molecular formula is C31H43FN2O2S. The number of anilines is 1. The zero-order chi connectivity index (χ0) is 26.1. The van der Waals surface area contributed by atoms with Gasteiger partial charge in [-0.2, -0.15) is 0 Å². The molecule has 1 amide bonds. The molecule has 3 rings (SSSR count). The van der Waals surface area contributed by atoms with Crippen LogP contribution in [0.1, 0.15) is 99.9 Å². The summed E-state index contributed by atoms with van der Waals surface area (Å²) >= 11 is 1.75. The number of thioether (sulfide) groups is 1. The number of unbranched alkanes of at least 4 members (excludes halogenated alkanes) is 11.